The molecule has 0 aliphatic carbocycles. The Morgan fingerprint density at radius 1 is 1.38 bits per heavy atom. The molecule has 1 atom stereocenters. The zero-order valence-electron chi connectivity index (χ0n) is 13.1. The lowest BCUT2D eigenvalue weighted by molar-refractivity contribution is 0.208. The number of hydrogen-bond donors (Lipinski definition) is 1. The van der Waals surface area contributed by atoms with Crippen LogP contribution in [0, 0.1) is 19.8 Å². The Hall–Kier alpha value is -1.62. The van der Waals surface area contributed by atoms with Crippen molar-refractivity contribution in [3.63, 3.8) is 0 Å². The van der Waals surface area contributed by atoms with Gasteiger partial charge in [0.2, 0.25) is 0 Å². The van der Waals surface area contributed by atoms with Gasteiger partial charge < -0.3 is 10.0 Å². The topological polar surface area (TPSA) is 53.7 Å². The molecule has 114 valence electrons. The van der Waals surface area contributed by atoms with E-state index < -0.39 is 0 Å². The van der Waals surface area contributed by atoms with E-state index in [1.165, 1.54) is 0 Å². The van der Waals surface area contributed by atoms with Gasteiger partial charge in [-0.1, -0.05) is 6.92 Å². The summed E-state index contributed by atoms with van der Waals surface area (Å²) < 4.78 is 1.98. The highest BCUT2D eigenvalue weighted by Crippen LogP contribution is 2.26. The van der Waals surface area contributed by atoms with E-state index in [9.17, 15) is 5.11 Å². The Bertz CT molecular complexity index is 649. The molecule has 0 radical (unpaired) electrons. The molecule has 1 aliphatic heterocycles. The number of rotatable bonds is 3. The molecule has 5 nitrogen and oxygen atoms in total. The number of aromatic nitrogens is 3. The fraction of sp³-hybridized carbons (Fsp3) is 0.625. The van der Waals surface area contributed by atoms with Crippen molar-refractivity contribution in [2.75, 3.05) is 24.6 Å². The van der Waals surface area contributed by atoms with Crippen molar-refractivity contribution >= 4 is 11.5 Å². The number of hydrogen-bond acceptors (Lipinski definition) is 4. The molecule has 2 aromatic heterocycles. The first-order valence-electron chi connectivity index (χ1n) is 7.85. The van der Waals surface area contributed by atoms with Gasteiger partial charge in [-0.05, 0) is 39.0 Å². The summed E-state index contributed by atoms with van der Waals surface area (Å²) in [6, 6.07) is 2.15. The molecule has 3 rings (SSSR count). The van der Waals surface area contributed by atoms with Gasteiger partial charge in [0, 0.05) is 37.0 Å². The van der Waals surface area contributed by atoms with Crippen LogP contribution in [0.5, 0.6) is 0 Å². The van der Waals surface area contributed by atoms with E-state index in [-0.39, 0.29) is 6.61 Å². The van der Waals surface area contributed by atoms with E-state index in [4.69, 9.17) is 4.98 Å². The molecule has 0 unspecified atom stereocenters. The molecule has 0 saturated carbocycles. The molecule has 0 bridgehead atoms. The van der Waals surface area contributed by atoms with Crippen molar-refractivity contribution in [3.8, 4) is 0 Å². The standard InChI is InChI=1S/C16H24N4O/c1-4-14-8-15(19-7-5-6-13(9-19)10-21)20-16(17-14)11(2)12(3)18-20/h8,13,21H,4-7,9-10H2,1-3H3/t13-/m0/s1. The van der Waals surface area contributed by atoms with Crippen LogP contribution in [0.4, 0.5) is 5.82 Å². The molecule has 2 aromatic rings. The average Bonchev–Trinajstić information content (AvgIpc) is 2.81. The fourth-order valence-corrected chi connectivity index (χ4v) is 3.09. The summed E-state index contributed by atoms with van der Waals surface area (Å²) >= 11 is 0. The minimum atomic E-state index is 0.266. The Kier molecular flexibility index (Phi) is 3.85. The molecule has 0 spiro atoms. The quantitative estimate of drug-likeness (QED) is 0.940. The molecule has 3 heterocycles. The van der Waals surface area contributed by atoms with Crippen LogP contribution < -0.4 is 4.90 Å². The minimum Gasteiger partial charge on any atom is -0.396 e. The largest absolute Gasteiger partial charge is 0.396 e. The third-order valence-corrected chi connectivity index (χ3v) is 4.55. The van der Waals surface area contributed by atoms with E-state index in [0.29, 0.717) is 5.92 Å². The summed E-state index contributed by atoms with van der Waals surface area (Å²) in [6.45, 7) is 8.44. The number of aliphatic hydroxyl groups is 1. The zero-order chi connectivity index (χ0) is 15.0. The second-order valence-electron chi connectivity index (χ2n) is 6.04. The highest BCUT2D eigenvalue weighted by Gasteiger charge is 2.23. The second kappa shape index (κ2) is 5.64. The SMILES string of the molecule is CCc1cc(N2CCC[C@H](CO)C2)n2nc(C)c(C)c2n1. The van der Waals surface area contributed by atoms with Crippen LogP contribution in [-0.2, 0) is 6.42 Å². The second-order valence-corrected chi connectivity index (χ2v) is 6.04. The van der Waals surface area contributed by atoms with E-state index in [2.05, 4.69) is 29.9 Å². The molecular weight excluding hydrogens is 264 g/mol. The summed E-state index contributed by atoms with van der Waals surface area (Å²) in [7, 11) is 0. The number of fused-ring (bicyclic) bond motifs is 1. The zero-order valence-corrected chi connectivity index (χ0v) is 13.1. The van der Waals surface area contributed by atoms with Crippen LogP contribution >= 0.6 is 0 Å². The summed E-state index contributed by atoms with van der Waals surface area (Å²) in [5.74, 6) is 1.48. The summed E-state index contributed by atoms with van der Waals surface area (Å²) in [6.07, 6.45) is 3.15. The third-order valence-electron chi connectivity index (χ3n) is 4.55. The molecule has 0 aromatic carbocycles. The maximum Gasteiger partial charge on any atom is 0.160 e. The molecule has 1 saturated heterocycles. The fourth-order valence-electron chi connectivity index (χ4n) is 3.09. The molecule has 1 aliphatic rings. The van der Waals surface area contributed by atoms with Crippen LogP contribution in [0.1, 0.15) is 36.7 Å². The van der Waals surface area contributed by atoms with Crippen molar-refractivity contribution in [1.82, 2.24) is 14.6 Å². The summed E-state index contributed by atoms with van der Waals surface area (Å²) in [5, 5.41) is 14.1. The van der Waals surface area contributed by atoms with Gasteiger partial charge in [-0.2, -0.15) is 9.61 Å². The maximum absolute atomic E-state index is 9.46. The number of anilines is 1. The van der Waals surface area contributed by atoms with E-state index in [1.807, 2.05) is 11.4 Å². The number of aliphatic hydroxyl groups excluding tert-OH is 1. The lowest BCUT2D eigenvalue weighted by atomic mass is 9.99. The lowest BCUT2D eigenvalue weighted by Crippen LogP contribution is -2.38. The minimum absolute atomic E-state index is 0.266. The van der Waals surface area contributed by atoms with Crippen LogP contribution in [0.2, 0.25) is 0 Å². The van der Waals surface area contributed by atoms with Crippen molar-refractivity contribution in [2.45, 2.75) is 40.0 Å². The van der Waals surface area contributed by atoms with Crippen molar-refractivity contribution in [3.05, 3.63) is 23.0 Å². The normalized spacial score (nSPS) is 19.4. The van der Waals surface area contributed by atoms with E-state index in [1.54, 1.807) is 0 Å². The highest BCUT2D eigenvalue weighted by molar-refractivity contribution is 5.57. The van der Waals surface area contributed by atoms with Crippen LogP contribution in [0.15, 0.2) is 6.07 Å². The summed E-state index contributed by atoms with van der Waals surface area (Å²) in [5.41, 5.74) is 4.26. The Morgan fingerprint density at radius 3 is 2.90 bits per heavy atom. The van der Waals surface area contributed by atoms with Gasteiger partial charge in [-0.15, -0.1) is 0 Å². The molecule has 1 N–H and O–H groups in total. The van der Waals surface area contributed by atoms with Gasteiger partial charge in [0.15, 0.2) is 5.65 Å². The van der Waals surface area contributed by atoms with Crippen LogP contribution in [-0.4, -0.2) is 39.4 Å². The molecule has 5 heteroatoms. The van der Waals surface area contributed by atoms with Crippen LogP contribution in [0.25, 0.3) is 5.65 Å². The van der Waals surface area contributed by atoms with Gasteiger partial charge in [0.25, 0.3) is 0 Å². The highest BCUT2D eigenvalue weighted by atomic mass is 16.3. The van der Waals surface area contributed by atoms with Crippen molar-refractivity contribution in [1.29, 1.82) is 0 Å². The number of piperidine rings is 1. The van der Waals surface area contributed by atoms with Gasteiger partial charge in [-0.25, -0.2) is 4.98 Å². The molecule has 21 heavy (non-hydrogen) atoms. The predicted molar refractivity (Wildman–Crippen MR) is 83.9 cm³/mol. The monoisotopic (exact) mass is 288 g/mol. The molecule has 0 amide bonds. The van der Waals surface area contributed by atoms with Gasteiger partial charge in [-0.3, -0.25) is 0 Å². The maximum atomic E-state index is 9.46. The average molecular weight is 288 g/mol. The number of nitrogens with zero attached hydrogens (tertiary/aromatic N) is 4. The molecular formula is C16H24N4O. The van der Waals surface area contributed by atoms with Crippen molar-refractivity contribution < 1.29 is 5.11 Å². The number of aryl methyl sites for hydroxylation is 3. The van der Waals surface area contributed by atoms with Crippen LogP contribution in [0.3, 0.4) is 0 Å². The smallest absolute Gasteiger partial charge is 0.160 e. The summed E-state index contributed by atoms with van der Waals surface area (Å²) in [4.78, 5) is 7.08. The first kappa shape index (κ1) is 14.3. The van der Waals surface area contributed by atoms with Gasteiger partial charge in [0.1, 0.15) is 5.82 Å². The Balaban J connectivity index is 2.09. The first-order chi connectivity index (χ1) is 10.1. The Morgan fingerprint density at radius 2 is 2.19 bits per heavy atom. The predicted octanol–water partition coefficient (Wildman–Crippen LogP) is 2.12. The third kappa shape index (κ3) is 2.50. The Labute approximate surface area is 125 Å². The lowest BCUT2D eigenvalue weighted by Gasteiger charge is -2.33. The van der Waals surface area contributed by atoms with E-state index in [0.717, 1.165) is 60.8 Å². The van der Waals surface area contributed by atoms with Gasteiger partial charge >= 0.3 is 0 Å². The van der Waals surface area contributed by atoms with E-state index >= 15 is 0 Å². The first-order valence-corrected chi connectivity index (χ1v) is 7.85. The van der Waals surface area contributed by atoms with Crippen molar-refractivity contribution in [2.24, 2.45) is 5.92 Å². The molecule has 1 fully saturated rings. The van der Waals surface area contributed by atoms with Gasteiger partial charge in [0.05, 0.1) is 5.69 Å².